The third-order valence-corrected chi connectivity index (χ3v) is 7.66. The molecule has 1 aliphatic rings. The topological polar surface area (TPSA) is 32.8 Å². The molecule has 0 aromatic heterocycles. The number of hydrogen-bond donors (Lipinski definition) is 0. The van der Waals surface area contributed by atoms with E-state index in [4.69, 9.17) is 39.5 Å². The molecule has 2 amide bonds. The second-order valence-corrected chi connectivity index (χ2v) is 10.8. The molecule has 4 aromatic carbocycles. The number of benzene rings is 4. The van der Waals surface area contributed by atoms with Crippen LogP contribution in [0.15, 0.2) is 78.9 Å². The fraction of sp³-hybridized carbons (Fsp3) is 0.107. The SMILES string of the molecule is COc1ccc(CN2Cc3c(-c4ccccc4Cl)cc(I)cc3N(c3c(Cl)cccc3Cl)C2=O)cc1. The molecule has 0 bridgehead atoms. The quantitative estimate of drug-likeness (QED) is 0.202. The van der Waals surface area contributed by atoms with Gasteiger partial charge >= 0.3 is 6.03 Å². The number of rotatable bonds is 5. The highest BCUT2D eigenvalue weighted by atomic mass is 127. The molecule has 36 heavy (non-hydrogen) atoms. The van der Waals surface area contributed by atoms with E-state index in [0.717, 1.165) is 37.3 Å². The molecule has 0 aliphatic carbocycles. The summed E-state index contributed by atoms with van der Waals surface area (Å²) in [6.07, 6.45) is 0. The summed E-state index contributed by atoms with van der Waals surface area (Å²) in [7, 11) is 1.63. The highest BCUT2D eigenvalue weighted by molar-refractivity contribution is 14.1. The monoisotopic (exact) mass is 648 g/mol. The van der Waals surface area contributed by atoms with Crippen LogP contribution in [-0.4, -0.2) is 18.0 Å². The van der Waals surface area contributed by atoms with Crippen molar-refractivity contribution in [1.82, 2.24) is 4.90 Å². The van der Waals surface area contributed by atoms with Crippen molar-refractivity contribution >= 4 is 74.8 Å². The zero-order valence-corrected chi connectivity index (χ0v) is 23.6. The molecule has 1 heterocycles. The first kappa shape index (κ1) is 25.2. The molecule has 4 aromatic rings. The van der Waals surface area contributed by atoms with E-state index >= 15 is 0 Å². The molecule has 0 saturated heterocycles. The van der Waals surface area contributed by atoms with Crippen LogP contribution in [-0.2, 0) is 13.1 Å². The molecule has 0 saturated carbocycles. The van der Waals surface area contributed by atoms with Crippen molar-refractivity contribution in [2.45, 2.75) is 13.1 Å². The average Bonchev–Trinajstić information content (AvgIpc) is 2.86. The lowest BCUT2D eigenvalue weighted by atomic mass is 9.95. The Morgan fingerprint density at radius 3 is 2.19 bits per heavy atom. The van der Waals surface area contributed by atoms with Crippen molar-refractivity contribution in [2.75, 3.05) is 12.0 Å². The summed E-state index contributed by atoms with van der Waals surface area (Å²) >= 11 is 22.1. The summed E-state index contributed by atoms with van der Waals surface area (Å²) in [4.78, 5) is 17.4. The van der Waals surface area contributed by atoms with Crippen molar-refractivity contribution in [3.8, 4) is 16.9 Å². The molecule has 0 spiro atoms. The van der Waals surface area contributed by atoms with E-state index < -0.39 is 0 Å². The highest BCUT2D eigenvalue weighted by Gasteiger charge is 2.35. The van der Waals surface area contributed by atoms with Gasteiger partial charge in [-0.15, -0.1) is 0 Å². The molecule has 0 radical (unpaired) electrons. The highest BCUT2D eigenvalue weighted by Crippen LogP contribution is 2.46. The second-order valence-electron chi connectivity index (χ2n) is 8.32. The fourth-order valence-electron chi connectivity index (χ4n) is 4.40. The molecule has 8 heteroatoms. The van der Waals surface area contributed by atoms with Gasteiger partial charge in [-0.2, -0.15) is 0 Å². The number of para-hydroxylation sites is 1. The summed E-state index contributed by atoms with van der Waals surface area (Å²) in [6, 6.07) is 24.5. The van der Waals surface area contributed by atoms with Crippen molar-refractivity contribution in [1.29, 1.82) is 0 Å². The van der Waals surface area contributed by atoms with Gasteiger partial charge in [-0.3, -0.25) is 4.90 Å². The summed E-state index contributed by atoms with van der Waals surface area (Å²) in [5, 5.41) is 1.43. The van der Waals surface area contributed by atoms with Crippen molar-refractivity contribution in [2.24, 2.45) is 0 Å². The summed E-state index contributed by atoms with van der Waals surface area (Å²) in [5.74, 6) is 0.758. The molecule has 0 fully saturated rings. The van der Waals surface area contributed by atoms with Gasteiger partial charge in [-0.05, 0) is 76.2 Å². The minimum atomic E-state index is -0.208. The molecule has 182 valence electrons. The number of fused-ring (bicyclic) bond motifs is 1. The molecule has 5 rings (SSSR count). The molecule has 0 N–H and O–H groups in total. The van der Waals surface area contributed by atoms with E-state index in [0.29, 0.717) is 33.8 Å². The molecule has 0 unspecified atom stereocenters. The van der Waals surface area contributed by atoms with Gasteiger partial charge in [0.15, 0.2) is 0 Å². The lowest BCUT2D eigenvalue weighted by Crippen LogP contribution is -2.44. The van der Waals surface area contributed by atoms with Crippen LogP contribution in [0.1, 0.15) is 11.1 Å². The summed E-state index contributed by atoms with van der Waals surface area (Å²) in [6.45, 7) is 0.797. The van der Waals surface area contributed by atoms with Crippen LogP contribution in [0, 0.1) is 3.57 Å². The van der Waals surface area contributed by atoms with Gasteiger partial charge < -0.3 is 9.64 Å². The first-order valence-electron chi connectivity index (χ1n) is 11.1. The molecular formula is C28H20Cl3IN2O2. The number of carbonyl (C=O) groups is 1. The number of halogens is 4. The van der Waals surface area contributed by atoms with Crippen LogP contribution >= 0.6 is 57.4 Å². The van der Waals surface area contributed by atoms with Gasteiger partial charge in [0.1, 0.15) is 5.75 Å². The predicted molar refractivity (Wildman–Crippen MR) is 156 cm³/mol. The van der Waals surface area contributed by atoms with Crippen molar-refractivity contribution < 1.29 is 9.53 Å². The number of hydrogen-bond acceptors (Lipinski definition) is 2. The third kappa shape index (κ3) is 4.77. The van der Waals surface area contributed by atoms with Crippen LogP contribution < -0.4 is 9.64 Å². The minimum absolute atomic E-state index is 0.208. The normalized spacial score (nSPS) is 13.1. The second kappa shape index (κ2) is 10.5. The van der Waals surface area contributed by atoms with E-state index in [9.17, 15) is 4.79 Å². The Hall–Kier alpha value is -2.45. The maximum Gasteiger partial charge on any atom is 0.329 e. The Morgan fingerprint density at radius 1 is 0.861 bits per heavy atom. The first-order valence-corrected chi connectivity index (χ1v) is 13.3. The van der Waals surface area contributed by atoms with Crippen molar-refractivity contribution in [3.63, 3.8) is 0 Å². The largest absolute Gasteiger partial charge is 0.497 e. The predicted octanol–water partition coefficient (Wildman–Crippen LogP) is 9.20. The lowest BCUT2D eigenvalue weighted by Gasteiger charge is -2.39. The molecule has 0 atom stereocenters. The Balaban J connectivity index is 1.70. The maximum absolute atomic E-state index is 14.0. The third-order valence-electron chi connectivity index (χ3n) is 6.10. The van der Waals surface area contributed by atoms with Gasteiger partial charge in [0.2, 0.25) is 0 Å². The van der Waals surface area contributed by atoms with Crippen molar-refractivity contribution in [3.05, 3.63) is 109 Å². The average molecular weight is 650 g/mol. The van der Waals surface area contributed by atoms with Crippen LogP contribution in [0.2, 0.25) is 15.1 Å². The molecule has 4 nitrogen and oxygen atoms in total. The number of urea groups is 1. The number of ether oxygens (including phenoxy) is 1. The zero-order chi connectivity index (χ0) is 25.4. The Morgan fingerprint density at radius 2 is 1.53 bits per heavy atom. The standard InChI is InChI=1S/C28H20Cl3IN2O2/c1-36-19-11-9-17(10-12-19)15-33-16-22-21(20-5-2-3-6-23(20)29)13-18(32)14-26(22)34(28(33)35)27-24(30)7-4-8-25(27)31/h2-14H,15-16H2,1H3. The van der Waals surface area contributed by atoms with E-state index in [1.165, 1.54) is 0 Å². The molecular weight excluding hydrogens is 630 g/mol. The van der Waals surface area contributed by atoms with Gasteiger partial charge in [-0.25, -0.2) is 4.79 Å². The Labute approximate surface area is 238 Å². The van der Waals surface area contributed by atoms with E-state index in [1.807, 2.05) is 54.6 Å². The summed E-state index contributed by atoms with van der Waals surface area (Å²) < 4.78 is 6.25. The van der Waals surface area contributed by atoms with E-state index in [2.05, 4.69) is 28.7 Å². The number of amides is 2. The summed E-state index contributed by atoms with van der Waals surface area (Å²) in [5.41, 5.74) is 5.00. The Bertz CT molecular complexity index is 1440. The molecule has 1 aliphatic heterocycles. The first-order chi connectivity index (χ1) is 17.4. The fourth-order valence-corrected chi connectivity index (χ4v) is 5.81. The van der Waals surface area contributed by atoms with E-state index in [1.54, 1.807) is 35.1 Å². The number of carbonyl (C=O) groups excluding carboxylic acids is 1. The number of methoxy groups -OCH3 is 1. The van der Waals surface area contributed by atoms with Crippen LogP contribution in [0.3, 0.4) is 0 Å². The van der Waals surface area contributed by atoms with Crippen LogP contribution in [0.5, 0.6) is 5.75 Å². The lowest BCUT2D eigenvalue weighted by molar-refractivity contribution is 0.198. The van der Waals surface area contributed by atoms with Crippen LogP contribution in [0.25, 0.3) is 11.1 Å². The number of anilines is 2. The zero-order valence-electron chi connectivity index (χ0n) is 19.1. The van der Waals surface area contributed by atoms with Gasteiger partial charge in [0.25, 0.3) is 0 Å². The number of nitrogens with zero attached hydrogens (tertiary/aromatic N) is 2. The van der Waals surface area contributed by atoms with E-state index in [-0.39, 0.29) is 6.03 Å². The van der Waals surface area contributed by atoms with Crippen LogP contribution in [0.4, 0.5) is 16.2 Å². The maximum atomic E-state index is 14.0. The van der Waals surface area contributed by atoms with Gasteiger partial charge in [-0.1, -0.05) is 71.2 Å². The van der Waals surface area contributed by atoms with Gasteiger partial charge in [0, 0.05) is 26.3 Å². The van der Waals surface area contributed by atoms with Gasteiger partial charge in [0.05, 0.1) is 35.1 Å². The Kier molecular flexibility index (Phi) is 7.35. The minimum Gasteiger partial charge on any atom is -0.497 e. The smallest absolute Gasteiger partial charge is 0.329 e.